The van der Waals surface area contributed by atoms with Crippen LogP contribution in [0.1, 0.15) is 44.1 Å². The van der Waals surface area contributed by atoms with Gasteiger partial charge in [-0.1, -0.05) is 22.4 Å². The zero-order valence-corrected chi connectivity index (χ0v) is 14.9. The van der Waals surface area contributed by atoms with Crippen LogP contribution in [0.2, 0.25) is 0 Å². The van der Waals surface area contributed by atoms with E-state index in [9.17, 15) is 0 Å². The highest BCUT2D eigenvalue weighted by molar-refractivity contribution is 9.10. The highest BCUT2D eigenvalue weighted by atomic mass is 79.9. The van der Waals surface area contributed by atoms with Gasteiger partial charge in [0.1, 0.15) is 0 Å². The molecule has 3 rings (SSSR count). The van der Waals surface area contributed by atoms with Crippen LogP contribution in [0.3, 0.4) is 0 Å². The Hall–Kier alpha value is -0.410. The minimum absolute atomic E-state index is 0.0737. The number of hydrogen-bond donors (Lipinski definition) is 0. The number of hydrogen-bond acceptors (Lipinski definition) is 2. The zero-order valence-electron chi connectivity index (χ0n) is 12.6. The summed E-state index contributed by atoms with van der Waals surface area (Å²) >= 11 is 10.4. The van der Waals surface area contributed by atoms with E-state index in [0.29, 0.717) is 19.1 Å². The van der Waals surface area contributed by atoms with E-state index in [2.05, 4.69) is 22.0 Å². The van der Waals surface area contributed by atoms with E-state index in [4.69, 9.17) is 21.1 Å². The standard InChI is InChI=1S/C17H22BrClO2/c1-3-20-14-8-12(13(18)9-15(14)21-4-2)17(19)16-10-6-5-7-11(10)16/h8-11,16-17H,3-7H2,1-2H3. The summed E-state index contributed by atoms with van der Waals surface area (Å²) in [5, 5.41) is 0.0737. The fourth-order valence-electron chi connectivity index (χ4n) is 3.82. The largest absolute Gasteiger partial charge is 0.490 e. The van der Waals surface area contributed by atoms with Crippen molar-refractivity contribution >= 4 is 27.5 Å². The Bertz CT molecular complexity index is 510. The number of benzene rings is 1. The first-order valence-electron chi connectivity index (χ1n) is 7.90. The average Bonchev–Trinajstić information content (AvgIpc) is 2.94. The molecule has 0 spiro atoms. The number of ether oxygens (including phenoxy) is 2. The summed E-state index contributed by atoms with van der Waals surface area (Å²) in [6.07, 6.45) is 4.08. The van der Waals surface area contributed by atoms with Crippen LogP contribution in [-0.4, -0.2) is 13.2 Å². The van der Waals surface area contributed by atoms with Crippen molar-refractivity contribution in [2.24, 2.45) is 17.8 Å². The molecule has 2 fully saturated rings. The fraction of sp³-hybridized carbons (Fsp3) is 0.647. The Kier molecular flexibility index (Phi) is 4.70. The van der Waals surface area contributed by atoms with Crippen LogP contribution < -0.4 is 9.47 Å². The van der Waals surface area contributed by atoms with Gasteiger partial charge in [-0.05, 0) is 62.1 Å². The van der Waals surface area contributed by atoms with Gasteiger partial charge in [0.2, 0.25) is 0 Å². The van der Waals surface area contributed by atoms with Crippen molar-refractivity contribution in [2.45, 2.75) is 38.5 Å². The lowest BCUT2D eigenvalue weighted by molar-refractivity contribution is 0.287. The smallest absolute Gasteiger partial charge is 0.162 e. The highest BCUT2D eigenvalue weighted by Crippen LogP contribution is 2.64. The Morgan fingerprint density at radius 2 is 1.71 bits per heavy atom. The monoisotopic (exact) mass is 372 g/mol. The van der Waals surface area contributed by atoms with E-state index in [0.717, 1.165) is 33.4 Å². The normalized spacial score (nSPS) is 28.1. The minimum atomic E-state index is 0.0737. The van der Waals surface area contributed by atoms with Gasteiger partial charge in [0.05, 0.1) is 18.6 Å². The number of alkyl halides is 1. The molecule has 2 aliphatic carbocycles. The van der Waals surface area contributed by atoms with Crippen LogP contribution in [0.5, 0.6) is 11.5 Å². The summed E-state index contributed by atoms with van der Waals surface area (Å²) in [7, 11) is 0. The van der Waals surface area contributed by atoms with Crippen LogP contribution in [0.15, 0.2) is 16.6 Å². The Morgan fingerprint density at radius 1 is 1.14 bits per heavy atom. The number of fused-ring (bicyclic) bond motifs is 1. The molecule has 2 aliphatic rings. The molecule has 1 aromatic carbocycles. The summed E-state index contributed by atoms with van der Waals surface area (Å²) < 4.78 is 12.4. The van der Waals surface area contributed by atoms with Gasteiger partial charge in [-0.15, -0.1) is 11.6 Å². The van der Waals surface area contributed by atoms with Crippen LogP contribution in [0, 0.1) is 17.8 Å². The molecule has 2 nitrogen and oxygen atoms in total. The molecule has 1 aromatic rings. The first-order valence-corrected chi connectivity index (χ1v) is 9.13. The Labute approximate surface area is 140 Å². The van der Waals surface area contributed by atoms with Gasteiger partial charge in [-0.3, -0.25) is 0 Å². The highest BCUT2D eigenvalue weighted by Gasteiger charge is 2.56. The van der Waals surface area contributed by atoms with Crippen molar-refractivity contribution in [3.05, 3.63) is 22.2 Å². The van der Waals surface area contributed by atoms with E-state index in [1.165, 1.54) is 19.3 Å². The van der Waals surface area contributed by atoms with Crippen molar-refractivity contribution in [1.82, 2.24) is 0 Å². The molecular weight excluding hydrogens is 352 g/mol. The second kappa shape index (κ2) is 6.37. The SMILES string of the molecule is CCOc1cc(Br)c(C(Cl)C2C3CCCC32)cc1OCC. The van der Waals surface area contributed by atoms with E-state index in [1.54, 1.807) is 0 Å². The molecule has 0 aliphatic heterocycles. The average molecular weight is 374 g/mol. The van der Waals surface area contributed by atoms with E-state index in [-0.39, 0.29) is 5.38 Å². The van der Waals surface area contributed by atoms with Crippen molar-refractivity contribution < 1.29 is 9.47 Å². The van der Waals surface area contributed by atoms with Crippen molar-refractivity contribution in [1.29, 1.82) is 0 Å². The lowest BCUT2D eigenvalue weighted by Crippen LogP contribution is -2.03. The lowest BCUT2D eigenvalue weighted by Gasteiger charge is -2.18. The maximum atomic E-state index is 6.79. The van der Waals surface area contributed by atoms with Crippen molar-refractivity contribution in [3.8, 4) is 11.5 Å². The third-order valence-electron chi connectivity index (χ3n) is 4.77. The summed E-state index contributed by atoms with van der Waals surface area (Å²) in [4.78, 5) is 0. The third-order valence-corrected chi connectivity index (χ3v) is 5.98. The molecule has 21 heavy (non-hydrogen) atoms. The predicted octanol–water partition coefficient (Wildman–Crippen LogP) is 5.57. The summed E-state index contributed by atoms with van der Waals surface area (Å²) in [5.74, 6) is 3.93. The molecule has 0 aromatic heterocycles. The molecule has 0 bridgehead atoms. The van der Waals surface area contributed by atoms with Gasteiger partial charge in [0, 0.05) is 4.47 Å². The van der Waals surface area contributed by atoms with Gasteiger partial charge >= 0.3 is 0 Å². The van der Waals surface area contributed by atoms with Crippen LogP contribution >= 0.6 is 27.5 Å². The molecule has 3 unspecified atom stereocenters. The molecule has 116 valence electrons. The summed E-state index contributed by atoms with van der Waals surface area (Å²) in [6.45, 7) is 5.22. The Balaban J connectivity index is 1.85. The molecule has 0 saturated heterocycles. The quantitative estimate of drug-likeness (QED) is 0.607. The van der Waals surface area contributed by atoms with Crippen molar-refractivity contribution in [2.75, 3.05) is 13.2 Å². The summed E-state index contributed by atoms with van der Waals surface area (Å²) in [6, 6.07) is 4.06. The second-order valence-corrected chi connectivity index (χ2v) is 7.25. The molecule has 2 saturated carbocycles. The predicted molar refractivity (Wildman–Crippen MR) is 89.4 cm³/mol. The summed E-state index contributed by atoms with van der Waals surface area (Å²) in [5.41, 5.74) is 1.14. The van der Waals surface area contributed by atoms with Gasteiger partial charge < -0.3 is 9.47 Å². The molecule has 0 N–H and O–H groups in total. The molecule has 3 atom stereocenters. The fourth-order valence-corrected chi connectivity index (χ4v) is 5.07. The lowest BCUT2D eigenvalue weighted by atomic mass is 10.0. The van der Waals surface area contributed by atoms with Gasteiger partial charge in [0.25, 0.3) is 0 Å². The zero-order chi connectivity index (χ0) is 15.0. The van der Waals surface area contributed by atoms with Crippen LogP contribution in [0.25, 0.3) is 0 Å². The topological polar surface area (TPSA) is 18.5 Å². The molecular formula is C17H22BrClO2. The number of halogens is 2. The molecule has 0 amide bonds. The van der Waals surface area contributed by atoms with Crippen LogP contribution in [0.4, 0.5) is 0 Å². The maximum Gasteiger partial charge on any atom is 0.162 e. The minimum Gasteiger partial charge on any atom is -0.490 e. The van der Waals surface area contributed by atoms with Gasteiger partial charge in [-0.25, -0.2) is 0 Å². The molecule has 4 heteroatoms. The van der Waals surface area contributed by atoms with E-state index in [1.807, 2.05) is 19.9 Å². The third kappa shape index (κ3) is 2.92. The van der Waals surface area contributed by atoms with E-state index < -0.39 is 0 Å². The van der Waals surface area contributed by atoms with Crippen LogP contribution in [-0.2, 0) is 0 Å². The van der Waals surface area contributed by atoms with Gasteiger partial charge in [-0.2, -0.15) is 0 Å². The van der Waals surface area contributed by atoms with E-state index >= 15 is 0 Å². The molecule has 0 heterocycles. The number of rotatable bonds is 6. The Morgan fingerprint density at radius 3 is 2.29 bits per heavy atom. The first-order chi connectivity index (χ1) is 10.2. The maximum absolute atomic E-state index is 6.79. The van der Waals surface area contributed by atoms with Gasteiger partial charge in [0.15, 0.2) is 11.5 Å². The van der Waals surface area contributed by atoms with Crippen molar-refractivity contribution in [3.63, 3.8) is 0 Å². The first kappa shape index (κ1) is 15.5. The molecule has 0 radical (unpaired) electrons. The second-order valence-electron chi connectivity index (χ2n) is 5.92.